The molecule has 2 N–H and O–H groups in total. The number of carbonyl (C=O) groups excluding carboxylic acids is 3. The number of benzene rings is 1. The Morgan fingerprint density at radius 1 is 1.21 bits per heavy atom. The van der Waals surface area contributed by atoms with Gasteiger partial charge in [-0.1, -0.05) is 11.6 Å². The summed E-state index contributed by atoms with van der Waals surface area (Å²) in [4.78, 5) is 40.7. The van der Waals surface area contributed by atoms with E-state index in [1.54, 1.807) is 20.2 Å². The topological polar surface area (TPSA) is 91.4 Å². The van der Waals surface area contributed by atoms with Crippen LogP contribution in [0.25, 0.3) is 0 Å². The van der Waals surface area contributed by atoms with Crippen molar-refractivity contribution in [3.05, 3.63) is 39.9 Å². The van der Waals surface area contributed by atoms with Gasteiger partial charge >= 0.3 is 0 Å². The Labute approximate surface area is 147 Å². The van der Waals surface area contributed by atoms with Gasteiger partial charge < -0.3 is 15.5 Å². The zero-order valence-electron chi connectivity index (χ0n) is 13.2. The van der Waals surface area contributed by atoms with E-state index in [0.29, 0.717) is 15.8 Å². The maximum atomic E-state index is 12.2. The smallest absolute Gasteiger partial charge is 0.275 e. The van der Waals surface area contributed by atoms with Crippen LogP contribution in [0.1, 0.15) is 27.8 Å². The Bertz CT molecular complexity index is 804. The van der Waals surface area contributed by atoms with Gasteiger partial charge in [-0.25, -0.2) is 4.98 Å². The lowest BCUT2D eigenvalue weighted by molar-refractivity contribution is -0.114. The van der Waals surface area contributed by atoms with Gasteiger partial charge in [0.15, 0.2) is 5.13 Å². The zero-order chi connectivity index (χ0) is 17.9. The molecule has 0 saturated heterocycles. The van der Waals surface area contributed by atoms with Crippen LogP contribution in [0.2, 0.25) is 5.02 Å². The number of aromatic nitrogens is 1. The van der Waals surface area contributed by atoms with E-state index in [1.165, 1.54) is 29.3 Å². The van der Waals surface area contributed by atoms with Crippen molar-refractivity contribution in [3.63, 3.8) is 0 Å². The van der Waals surface area contributed by atoms with E-state index in [2.05, 4.69) is 15.6 Å². The number of carbonyl (C=O) groups is 3. The maximum Gasteiger partial charge on any atom is 0.275 e. The van der Waals surface area contributed by atoms with E-state index >= 15 is 0 Å². The molecule has 0 aliphatic heterocycles. The summed E-state index contributed by atoms with van der Waals surface area (Å²) in [6.07, 6.45) is 0. The molecule has 2 aromatic rings. The third-order valence-electron chi connectivity index (χ3n) is 2.88. The molecule has 3 amide bonds. The molecule has 0 saturated carbocycles. The second kappa shape index (κ2) is 7.41. The number of anilines is 2. The lowest BCUT2D eigenvalue weighted by Gasteiger charge is -2.13. The predicted octanol–water partition coefficient (Wildman–Crippen LogP) is 2.71. The van der Waals surface area contributed by atoms with Crippen LogP contribution in [0.5, 0.6) is 0 Å². The van der Waals surface area contributed by atoms with Crippen molar-refractivity contribution in [2.75, 3.05) is 24.7 Å². The second-order valence-electron chi connectivity index (χ2n) is 5.07. The summed E-state index contributed by atoms with van der Waals surface area (Å²) >= 11 is 7.17. The summed E-state index contributed by atoms with van der Waals surface area (Å²) in [6.45, 7) is 1.36. The summed E-state index contributed by atoms with van der Waals surface area (Å²) in [6, 6.07) is 4.63. The molecule has 0 bridgehead atoms. The van der Waals surface area contributed by atoms with Crippen LogP contribution < -0.4 is 10.6 Å². The van der Waals surface area contributed by atoms with E-state index in [4.69, 9.17) is 11.6 Å². The number of nitrogens with zero attached hydrogens (tertiary/aromatic N) is 2. The molecular weight excluding hydrogens is 352 g/mol. The highest BCUT2D eigenvalue weighted by Gasteiger charge is 2.16. The number of hydrogen-bond donors (Lipinski definition) is 2. The lowest BCUT2D eigenvalue weighted by atomic mass is 10.1. The van der Waals surface area contributed by atoms with Crippen LogP contribution in [-0.4, -0.2) is 41.7 Å². The van der Waals surface area contributed by atoms with Gasteiger partial charge in [-0.05, 0) is 18.2 Å². The number of rotatable bonds is 4. The Hall–Kier alpha value is -2.45. The van der Waals surface area contributed by atoms with Crippen LogP contribution in [0.15, 0.2) is 23.6 Å². The van der Waals surface area contributed by atoms with Gasteiger partial charge in [-0.3, -0.25) is 14.4 Å². The zero-order valence-corrected chi connectivity index (χ0v) is 14.8. The minimum Gasteiger partial charge on any atom is -0.345 e. The van der Waals surface area contributed by atoms with Crippen molar-refractivity contribution in [2.45, 2.75) is 6.92 Å². The molecule has 1 aromatic heterocycles. The Morgan fingerprint density at radius 3 is 2.54 bits per heavy atom. The quantitative estimate of drug-likeness (QED) is 0.870. The first kappa shape index (κ1) is 17.9. The molecule has 0 aliphatic rings. The summed E-state index contributed by atoms with van der Waals surface area (Å²) in [5.74, 6) is -0.980. The molecule has 1 heterocycles. The molecule has 2 rings (SSSR count). The normalized spacial score (nSPS) is 10.2. The van der Waals surface area contributed by atoms with Crippen LogP contribution >= 0.6 is 22.9 Å². The Kier molecular flexibility index (Phi) is 5.53. The molecule has 9 heteroatoms. The average Bonchev–Trinajstić information content (AvgIpc) is 2.96. The summed E-state index contributed by atoms with van der Waals surface area (Å²) < 4.78 is 0. The number of thiazole rings is 1. The Balaban J connectivity index is 2.17. The molecule has 0 radical (unpaired) electrons. The molecule has 0 fully saturated rings. The molecule has 7 nitrogen and oxygen atoms in total. The summed E-state index contributed by atoms with van der Waals surface area (Å²) in [5.41, 5.74) is 0.875. The predicted molar refractivity (Wildman–Crippen MR) is 93.8 cm³/mol. The summed E-state index contributed by atoms with van der Waals surface area (Å²) in [5, 5.41) is 7.33. The minimum atomic E-state index is -0.451. The highest BCUT2D eigenvalue weighted by molar-refractivity contribution is 7.14. The molecule has 0 unspecified atom stereocenters. The van der Waals surface area contributed by atoms with E-state index in [0.717, 1.165) is 11.3 Å². The van der Waals surface area contributed by atoms with Crippen molar-refractivity contribution < 1.29 is 14.4 Å². The molecule has 24 heavy (non-hydrogen) atoms. The number of nitrogens with one attached hydrogen (secondary N) is 2. The first-order chi connectivity index (χ1) is 11.3. The molecule has 1 aromatic carbocycles. The van der Waals surface area contributed by atoms with Gasteiger partial charge in [0.25, 0.3) is 11.8 Å². The molecule has 0 atom stereocenters. The Morgan fingerprint density at radius 2 is 1.92 bits per heavy atom. The SMILES string of the molecule is CC(=O)Nc1nc(C(=O)Nc2ccc(Cl)c(C(=O)N(C)C)c2)cs1. The van der Waals surface area contributed by atoms with Crippen molar-refractivity contribution in [2.24, 2.45) is 0 Å². The standard InChI is InChI=1S/C15H15ClN4O3S/c1-8(21)17-15-19-12(7-24-15)13(22)18-9-4-5-11(16)10(6-9)14(23)20(2)3/h4-7H,1-3H3,(H,18,22)(H,17,19,21). The fourth-order valence-corrected chi connectivity index (χ4v) is 2.72. The fourth-order valence-electron chi connectivity index (χ4n) is 1.79. The molecule has 0 spiro atoms. The van der Waals surface area contributed by atoms with E-state index < -0.39 is 5.91 Å². The van der Waals surface area contributed by atoms with Crippen molar-refractivity contribution in [3.8, 4) is 0 Å². The van der Waals surface area contributed by atoms with E-state index in [9.17, 15) is 14.4 Å². The van der Waals surface area contributed by atoms with Crippen molar-refractivity contribution >= 4 is 51.5 Å². The van der Waals surface area contributed by atoms with Crippen molar-refractivity contribution in [1.82, 2.24) is 9.88 Å². The van der Waals surface area contributed by atoms with Crippen LogP contribution in [0, 0.1) is 0 Å². The van der Waals surface area contributed by atoms with Gasteiger partial charge in [0.1, 0.15) is 5.69 Å². The number of halogens is 1. The number of amides is 3. The lowest BCUT2D eigenvalue weighted by Crippen LogP contribution is -2.22. The van der Waals surface area contributed by atoms with Gasteiger partial charge in [-0.2, -0.15) is 0 Å². The van der Waals surface area contributed by atoms with Crippen molar-refractivity contribution in [1.29, 1.82) is 0 Å². The molecular formula is C15H15ClN4O3S. The highest BCUT2D eigenvalue weighted by Crippen LogP contribution is 2.23. The maximum absolute atomic E-state index is 12.2. The van der Waals surface area contributed by atoms with Gasteiger partial charge in [0.05, 0.1) is 10.6 Å². The molecule has 126 valence electrons. The average molecular weight is 367 g/mol. The minimum absolute atomic E-state index is 0.166. The largest absolute Gasteiger partial charge is 0.345 e. The van der Waals surface area contributed by atoms with E-state index in [1.807, 2.05) is 0 Å². The molecule has 0 aliphatic carbocycles. The van der Waals surface area contributed by atoms with Gasteiger partial charge in [0.2, 0.25) is 5.91 Å². The van der Waals surface area contributed by atoms with Gasteiger partial charge in [0, 0.05) is 32.1 Å². The van der Waals surface area contributed by atoms with Crippen LogP contribution in [0.3, 0.4) is 0 Å². The third-order valence-corrected chi connectivity index (χ3v) is 3.97. The third kappa shape index (κ3) is 4.30. The first-order valence-electron chi connectivity index (χ1n) is 6.83. The second-order valence-corrected chi connectivity index (χ2v) is 6.33. The summed E-state index contributed by atoms with van der Waals surface area (Å²) in [7, 11) is 3.23. The van der Waals surface area contributed by atoms with E-state index in [-0.39, 0.29) is 23.1 Å². The fraction of sp³-hybridized carbons (Fsp3) is 0.200. The first-order valence-corrected chi connectivity index (χ1v) is 8.09. The highest BCUT2D eigenvalue weighted by atomic mass is 35.5. The number of hydrogen-bond acceptors (Lipinski definition) is 5. The monoisotopic (exact) mass is 366 g/mol. The van der Waals surface area contributed by atoms with Crippen LogP contribution in [0.4, 0.5) is 10.8 Å². The van der Waals surface area contributed by atoms with Gasteiger partial charge in [-0.15, -0.1) is 11.3 Å². The van der Waals surface area contributed by atoms with Crippen LogP contribution in [-0.2, 0) is 4.79 Å².